The second kappa shape index (κ2) is 6.45. The van der Waals surface area contributed by atoms with E-state index in [2.05, 4.69) is 18.1 Å². The zero-order chi connectivity index (χ0) is 16.2. The van der Waals surface area contributed by atoms with Gasteiger partial charge in [0.1, 0.15) is 0 Å². The number of unbranched alkanes of at least 4 members (excludes halogenated alkanes) is 1. The summed E-state index contributed by atoms with van der Waals surface area (Å²) in [5.74, 6) is -0.130. The molecule has 3 rings (SSSR count). The van der Waals surface area contributed by atoms with Crippen LogP contribution in [0.2, 0.25) is 0 Å². The predicted octanol–water partition coefficient (Wildman–Crippen LogP) is 3.78. The number of carbonyl (C=O) groups excluding carboxylic acids is 1. The Morgan fingerprint density at radius 1 is 1.22 bits per heavy atom. The van der Waals surface area contributed by atoms with Gasteiger partial charge >= 0.3 is 0 Å². The van der Waals surface area contributed by atoms with Crippen LogP contribution in [0.3, 0.4) is 0 Å². The van der Waals surface area contributed by atoms with E-state index >= 15 is 0 Å². The van der Waals surface area contributed by atoms with Gasteiger partial charge in [0, 0.05) is 11.8 Å². The highest BCUT2D eigenvalue weighted by atomic mass is 16.1. The number of fused-ring (bicyclic) bond motifs is 1. The molecule has 0 atom stereocenters. The van der Waals surface area contributed by atoms with Gasteiger partial charge < -0.3 is 0 Å². The summed E-state index contributed by atoms with van der Waals surface area (Å²) in [6.07, 6.45) is 4.62. The fourth-order valence-electron chi connectivity index (χ4n) is 2.73. The van der Waals surface area contributed by atoms with Gasteiger partial charge in [-0.25, -0.2) is 4.52 Å². The van der Waals surface area contributed by atoms with Crippen molar-refractivity contribution in [2.24, 2.45) is 0 Å². The minimum absolute atomic E-state index is 0.130. The molecule has 4 heteroatoms. The number of aryl methyl sites for hydroxylation is 1. The largest absolute Gasteiger partial charge is 0.288 e. The average molecular weight is 303 g/mol. The molecule has 0 saturated heterocycles. The number of hydrogen-bond acceptors (Lipinski definition) is 3. The SMILES string of the molecule is CCCCc1nn2ccccc2c1C(=O)c1ccccc1C#N. The van der Waals surface area contributed by atoms with Gasteiger partial charge in [-0.3, -0.25) is 4.79 Å². The van der Waals surface area contributed by atoms with Crippen molar-refractivity contribution in [1.82, 2.24) is 9.61 Å². The van der Waals surface area contributed by atoms with Gasteiger partial charge in [-0.15, -0.1) is 0 Å². The van der Waals surface area contributed by atoms with Gasteiger partial charge in [0.15, 0.2) is 5.78 Å². The first-order chi connectivity index (χ1) is 11.3. The van der Waals surface area contributed by atoms with Crippen LogP contribution < -0.4 is 0 Å². The Morgan fingerprint density at radius 3 is 2.78 bits per heavy atom. The second-order valence-corrected chi connectivity index (χ2v) is 5.44. The standard InChI is InChI=1S/C19H17N3O/c1-2-3-10-16-18(17-11-6-7-12-22(17)21-16)19(23)15-9-5-4-8-14(15)13-20/h4-9,11-12H,2-3,10H2,1H3. The highest BCUT2D eigenvalue weighted by molar-refractivity contribution is 6.15. The van der Waals surface area contributed by atoms with Crippen molar-refractivity contribution in [2.75, 3.05) is 0 Å². The summed E-state index contributed by atoms with van der Waals surface area (Å²) in [4.78, 5) is 13.1. The molecule has 0 aliphatic heterocycles. The van der Waals surface area contributed by atoms with Crippen LogP contribution in [0.15, 0.2) is 48.7 Å². The lowest BCUT2D eigenvalue weighted by Gasteiger charge is -2.04. The molecule has 3 aromatic rings. The Balaban J connectivity index is 2.17. The molecule has 2 aromatic heterocycles. The lowest BCUT2D eigenvalue weighted by molar-refractivity contribution is 0.103. The molecular weight excluding hydrogens is 286 g/mol. The van der Waals surface area contributed by atoms with E-state index in [4.69, 9.17) is 0 Å². The van der Waals surface area contributed by atoms with Crippen molar-refractivity contribution >= 4 is 11.3 Å². The Hall–Kier alpha value is -2.93. The lowest BCUT2D eigenvalue weighted by atomic mass is 9.96. The normalized spacial score (nSPS) is 10.6. The molecular formula is C19H17N3O. The van der Waals surface area contributed by atoms with Crippen molar-refractivity contribution in [1.29, 1.82) is 5.26 Å². The smallest absolute Gasteiger partial charge is 0.198 e. The van der Waals surface area contributed by atoms with E-state index in [-0.39, 0.29) is 5.78 Å². The first-order valence-electron chi connectivity index (χ1n) is 7.76. The summed E-state index contributed by atoms with van der Waals surface area (Å²) in [6.45, 7) is 2.11. The van der Waals surface area contributed by atoms with Gasteiger partial charge in [-0.05, 0) is 37.1 Å². The van der Waals surface area contributed by atoms with E-state index < -0.39 is 0 Å². The lowest BCUT2D eigenvalue weighted by Crippen LogP contribution is -2.06. The third-order valence-electron chi connectivity index (χ3n) is 3.90. The first kappa shape index (κ1) is 15.0. The maximum absolute atomic E-state index is 13.1. The molecule has 0 radical (unpaired) electrons. The van der Waals surface area contributed by atoms with Crippen LogP contribution in [0.4, 0.5) is 0 Å². The predicted molar refractivity (Wildman–Crippen MR) is 88.4 cm³/mol. The molecule has 0 aliphatic carbocycles. The number of rotatable bonds is 5. The molecule has 0 spiro atoms. The monoisotopic (exact) mass is 303 g/mol. The van der Waals surface area contributed by atoms with E-state index in [1.165, 1.54) is 0 Å². The summed E-state index contributed by atoms with van der Waals surface area (Å²) in [7, 11) is 0. The van der Waals surface area contributed by atoms with Crippen LogP contribution in [0.5, 0.6) is 0 Å². The molecule has 0 amide bonds. The fourth-order valence-corrected chi connectivity index (χ4v) is 2.73. The van der Waals surface area contributed by atoms with Crippen LogP contribution in [0, 0.1) is 11.3 Å². The van der Waals surface area contributed by atoms with Gasteiger partial charge in [0.25, 0.3) is 0 Å². The van der Waals surface area contributed by atoms with Gasteiger partial charge in [0.05, 0.1) is 28.4 Å². The van der Waals surface area contributed by atoms with Gasteiger partial charge in [-0.1, -0.05) is 31.5 Å². The van der Waals surface area contributed by atoms with Crippen LogP contribution >= 0.6 is 0 Å². The maximum atomic E-state index is 13.1. The third-order valence-corrected chi connectivity index (χ3v) is 3.90. The molecule has 1 aromatic carbocycles. The van der Waals surface area contributed by atoms with Crippen LogP contribution in [0.1, 0.15) is 46.9 Å². The van der Waals surface area contributed by atoms with E-state index in [9.17, 15) is 10.1 Å². The number of ketones is 1. The highest BCUT2D eigenvalue weighted by Crippen LogP contribution is 2.23. The van der Waals surface area contributed by atoms with Crippen molar-refractivity contribution < 1.29 is 4.79 Å². The summed E-state index contributed by atoms with van der Waals surface area (Å²) in [5, 5.41) is 13.8. The minimum atomic E-state index is -0.130. The molecule has 0 aliphatic rings. The molecule has 0 fully saturated rings. The Kier molecular flexibility index (Phi) is 4.20. The first-order valence-corrected chi connectivity index (χ1v) is 7.76. The quantitative estimate of drug-likeness (QED) is 0.674. The van der Waals surface area contributed by atoms with E-state index in [1.54, 1.807) is 28.8 Å². The number of pyridine rings is 1. The number of nitriles is 1. The van der Waals surface area contributed by atoms with Crippen molar-refractivity contribution in [3.8, 4) is 6.07 Å². The number of benzene rings is 1. The number of nitrogens with zero attached hydrogens (tertiary/aromatic N) is 3. The van der Waals surface area contributed by atoms with Crippen molar-refractivity contribution in [2.45, 2.75) is 26.2 Å². The zero-order valence-corrected chi connectivity index (χ0v) is 13.0. The average Bonchev–Trinajstić information content (AvgIpc) is 2.97. The number of hydrogen-bond donors (Lipinski definition) is 0. The molecule has 4 nitrogen and oxygen atoms in total. The molecule has 114 valence electrons. The van der Waals surface area contributed by atoms with E-state index in [1.807, 2.05) is 24.4 Å². The van der Waals surface area contributed by atoms with Gasteiger partial charge in [-0.2, -0.15) is 10.4 Å². The maximum Gasteiger partial charge on any atom is 0.198 e. The van der Waals surface area contributed by atoms with Crippen molar-refractivity contribution in [3.63, 3.8) is 0 Å². The highest BCUT2D eigenvalue weighted by Gasteiger charge is 2.22. The van der Waals surface area contributed by atoms with Crippen LogP contribution in [0.25, 0.3) is 5.52 Å². The Morgan fingerprint density at radius 2 is 2.00 bits per heavy atom. The van der Waals surface area contributed by atoms with E-state index in [0.29, 0.717) is 16.7 Å². The summed E-state index contributed by atoms with van der Waals surface area (Å²) in [5.41, 5.74) is 3.04. The number of carbonyl (C=O) groups is 1. The van der Waals surface area contributed by atoms with Gasteiger partial charge in [0.2, 0.25) is 0 Å². The summed E-state index contributed by atoms with van der Waals surface area (Å²) in [6, 6.07) is 14.7. The molecule has 0 saturated carbocycles. The Bertz CT molecular complexity index is 902. The molecule has 0 bridgehead atoms. The Labute approximate surface area is 135 Å². The minimum Gasteiger partial charge on any atom is -0.288 e. The molecule has 0 N–H and O–H groups in total. The summed E-state index contributed by atoms with van der Waals surface area (Å²) < 4.78 is 1.74. The second-order valence-electron chi connectivity index (χ2n) is 5.44. The van der Waals surface area contributed by atoms with Crippen LogP contribution in [-0.4, -0.2) is 15.4 Å². The van der Waals surface area contributed by atoms with E-state index in [0.717, 1.165) is 30.5 Å². The molecule has 0 unspecified atom stereocenters. The molecule has 2 heterocycles. The molecule has 23 heavy (non-hydrogen) atoms. The summed E-state index contributed by atoms with van der Waals surface area (Å²) >= 11 is 0. The fraction of sp³-hybridized carbons (Fsp3) is 0.211. The van der Waals surface area contributed by atoms with Crippen molar-refractivity contribution in [3.05, 3.63) is 71.0 Å². The van der Waals surface area contributed by atoms with Crippen LogP contribution in [-0.2, 0) is 6.42 Å². The number of aromatic nitrogens is 2. The third kappa shape index (κ3) is 2.74. The zero-order valence-electron chi connectivity index (χ0n) is 13.0. The topological polar surface area (TPSA) is 58.2 Å².